The number of carbonyl (C=O) groups excluding carboxylic acids is 1. The molecule has 0 saturated heterocycles. The van der Waals surface area contributed by atoms with E-state index in [-0.39, 0.29) is 18.6 Å². The maximum atomic E-state index is 12.8. The Morgan fingerprint density at radius 1 is 0.862 bits per heavy atom. The van der Waals surface area contributed by atoms with E-state index in [1.165, 1.54) is 5.56 Å². The van der Waals surface area contributed by atoms with Crippen molar-refractivity contribution in [3.05, 3.63) is 101 Å². The predicted molar refractivity (Wildman–Crippen MR) is 118 cm³/mol. The van der Waals surface area contributed by atoms with Gasteiger partial charge in [0.25, 0.3) is 5.91 Å². The Balaban J connectivity index is 1.76. The summed E-state index contributed by atoms with van der Waals surface area (Å²) in [5.41, 5.74) is 5.51. The van der Waals surface area contributed by atoms with Gasteiger partial charge in [-0.05, 0) is 48.1 Å². The van der Waals surface area contributed by atoms with E-state index < -0.39 is 0 Å². The lowest BCUT2D eigenvalue weighted by molar-refractivity contribution is -0.123. The summed E-state index contributed by atoms with van der Waals surface area (Å²) in [5.74, 6) is 0.968. The van der Waals surface area contributed by atoms with Gasteiger partial charge in [0.2, 0.25) is 0 Å². The molecule has 1 atom stereocenters. The van der Waals surface area contributed by atoms with E-state index in [0.717, 1.165) is 28.0 Å². The summed E-state index contributed by atoms with van der Waals surface area (Å²) >= 11 is 0. The average molecular weight is 388 g/mol. The van der Waals surface area contributed by atoms with E-state index in [1.54, 1.807) is 0 Å². The van der Waals surface area contributed by atoms with Gasteiger partial charge in [0.15, 0.2) is 6.61 Å². The van der Waals surface area contributed by atoms with Crippen LogP contribution < -0.4 is 10.1 Å². The molecule has 1 amide bonds. The van der Waals surface area contributed by atoms with Crippen LogP contribution in [0.3, 0.4) is 0 Å². The number of nitrogens with one attached hydrogen (secondary N) is 1. The van der Waals surface area contributed by atoms with Crippen molar-refractivity contribution in [2.45, 2.75) is 39.7 Å². The van der Waals surface area contributed by atoms with Crippen molar-refractivity contribution in [3.63, 3.8) is 0 Å². The number of benzene rings is 3. The molecular weight excluding hydrogens is 358 g/mol. The van der Waals surface area contributed by atoms with Gasteiger partial charge in [-0.25, -0.2) is 0 Å². The molecule has 3 nitrogen and oxygen atoms in total. The third-order valence-electron chi connectivity index (χ3n) is 5.00. The van der Waals surface area contributed by atoms with Crippen molar-refractivity contribution in [1.82, 2.24) is 5.32 Å². The second kappa shape index (κ2) is 9.42. The lowest BCUT2D eigenvalue weighted by Gasteiger charge is -2.21. The number of rotatable bonds is 7. The van der Waals surface area contributed by atoms with E-state index in [2.05, 4.69) is 62.5 Å². The number of hydrogen-bond donors (Lipinski definition) is 1. The van der Waals surface area contributed by atoms with E-state index in [1.807, 2.05) is 43.3 Å². The minimum Gasteiger partial charge on any atom is -0.483 e. The molecule has 0 spiro atoms. The summed E-state index contributed by atoms with van der Waals surface area (Å²) in [4.78, 5) is 12.8. The molecule has 150 valence electrons. The zero-order valence-corrected chi connectivity index (χ0v) is 17.6. The fourth-order valence-corrected chi connectivity index (χ4v) is 3.35. The summed E-state index contributed by atoms with van der Waals surface area (Å²) in [6, 6.07) is 24.2. The van der Waals surface area contributed by atoms with E-state index in [9.17, 15) is 4.79 Å². The largest absolute Gasteiger partial charge is 0.483 e. The van der Waals surface area contributed by atoms with E-state index in [0.29, 0.717) is 5.92 Å². The SMILES string of the molecule is Cc1ccc([C@@H](NC(=O)COc2cc(C)ccc2C(C)C)c2ccccc2)cc1. The highest BCUT2D eigenvalue weighted by Crippen LogP contribution is 2.28. The molecule has 0 aliphatic carbocycles. The van der Waals surface area contributed by atoms with Crippen LogP contribution >= 0.6 is 0 Å². The van der Waals surface area contributed by atoms with Gasteiger partial charge in [-0.2, -0.15) is 0 Å². The van der Waals surface area contributed by atoms with Crippen molar-refractivity contribution in [2.75, 3.05) is 6.61 Å². The average Bonchev–Trinajstić information content (AvgIpc) is 2.72. The van der Waals surface area contributed by atoms with Crippen LogP contribution in [0, 0.1) is 13.8 Å². The number of carbonyl (C=O) groups is 1. The van der Waals surface area contributed by atoms with Crippen LogP contribution in [0.4, 0.5) is 0 Å². The smallest absolute Gasteiger partial charge is 0.258 e. The van der Waals surface area contributed by atoms with Crippen LogP contribution in [-0.4, -0.2) is 12.5 Å². The highest BCUT2D eigenvalue weighted by Gasteiger charge is 2.18. The molecule has 0 radical (unpaired) electrons. The number of aryl methyl sites for hydroxylation is 2. The number of hydrogen-bond acceptors (Lipinski definition) is 2. The first-order chi connectivity index (χ1) is 13.9. The Kier molecular flexibility index (Phi) is 6.71. The van der Waals surface area contributed by atoms with Gasteiger partial charge in [0, 0.05) is 0 Å². The number of amides is 1. The van der Waals surface area contributed by atoms with Crippen molar-refractivity contribution in [1.29, 1.82) is 0 Å². The van der Waals surface area contributed by atoms with Crippen LogP contribution in [0.1, 0.15) is 53.6 Å². The molecule has 0 fully saturated rings. The molecule has 0 heterocycles. The van der Waals surface area contributed by atoms with Crippen molar-refractivity contribution < 1.29 is 9.53 Å². The Hall–Kier alpha value is -3.07. The second-order valence-corrected chi connectivity index (χ2v) is 7.81. The molecule has 29 heavy (non-hydrogen) atoms. The highest BCUT2D eigenvalue weighted by molar-refractivity contribution is 5.78. The lowest BCUT2D eigenvalue weighted by Crippen LogP contribution is -2.33. The topological polar surface area (TPSA) is 38.3 Å². The summed E-state index contributed by atoms with van der Waals surface area (Å²) in [5, 5.41) is 3.14. The summed E-state index contributed by atoms with van der Waals surface area (Å²) in [6.45, 7) is 8.32. The summed E-state index contributed by atoms with van der Waals surface area (Å²) < 4.78 is 5.92. The van der Waals surface area contributed by atoms with Crippen LogP contribution in [0.2, 0.25) is 0 Å². The highest BCUT2D eigenvalue weighted by atomic mass is 16.5. The summed E-state index contributed by atoms with van der Waals surface area (Å²) in [6.07, 6.45) is 0. The maximum absolute atomic E-state index is 12.8. The first-order valence-corrected chi connectivity index (χ1v) is 10.1. The lowest BCUT2D eigenvalue weighted by atomic mass is 9.98. The van der Waals surface area contributed by atoms with Crippen molar-refractivity contribution in [3.8, 4) is 5.75 Å². The minimum absolute atomic E-state index is 0.0155. The zero-order valence-electron chi connectivity index (χ0n) is 17.6. The summed E-state index contributed by atoms with van der Waals surface area (Å²) in [7, 11) is 0. The van der Waals surface area contributed by atoms with Gasteiger partial charge < -0.3 is 10.1 Å². The van der Waals surface area contributed by atoms with Gasteiger partial charge in [-0.15, -0.1) is 0 Å². The fourth-order valence-electron chi connectivity index (χ4n) is 3.35. The van der Waals surface area contributed by atoms with Crippen LogP contribution in [0.15, 0.2) is 72.8 Å². The fraction of sp³-hybridized carbons (Fsp3) is 0.269. The molecule has 1 N–H and O–H groups in total. The number of ether oxygens (including phenoxy) is 1. The molecule has 3 aromatic carbocycles. The van der Waals surface area contributed by atoms with E-state index in [4.69, 9.17) is 4.74 Å². The third-order valence-corrected chi connectivity index (χ3v) is 5.00. The van der Waals surface area contributed by atoms with Crippen LogP contribution in [-0.2, 0) is 4.79 Å². The first-order valence-electron chi connectivity index (χ1n) is 10.1. The Labute approximate surface area is 173 Å². The normalized spacial score (nSPS) is 11.9. The van der Waals surface area contributed by atoms with Gasteiger partial charge in [0.05, 0.1) is 6.04 Å². The van der Waals surface area contributed by atoms with Crippen molar-refractivity contribution >= 4 is 5.91 Å². The molecule has 0 bridgehead atoms. The Morgan fingerprint density at radius 3 is 2.14 bits per heavy atom. The standard InChI is InChI=1S/C26H29NO2/c1-18(2)23-15-12-20(4)16-24(23)29-17-25(28)27-26(21-8-6-5-7-9-21)22-13-10-19(3)11-14-22/h5-16,18,26H,17H2,1-4H3,(H,27,28)/t26-/m0/s1. The van der Waals surface area contributed by atoms with Gasteiger partial charge in [0.1, 0.15) is 5.75 Å². The molecule has 3 heteroatoms. The van der Waals surface area contributed by atoms with Gasteiger partial charge in [-0.1, -0.05) is 86.1 Å². The van der Waals surface area contributed by atoms with Gasteiger partial charge >= 0.3 is 0 Å². The quantitative estimate of drug-likeness (QED) is 0.564. The molecule has 3 rings (SSSR count). The Morgan fingerprint density at radius 2 is 1.48 bits per heavy atom. The Bertz CT molecular complexity index is 946. The third kappa shape index (κ3) is 5.47. The van der Waals surface area contributed by atoms with Gasteiger partial charge in [-0.3, -0.25) is 4.79 Å². The second-order valence-electron chi connectivity index (χ2n) is 7.81. The molecule has 0 aliphatic heterocycles. The molecule has 0 unspecified atom stereocenters. The molecule has 0 aromatic heterocycles. The molecular formula is C26H29NO2. The predicted octanol–water partition coefficient (Wildman–Crippen LogP) is 5.71. The zero-order chi connectivity index (χ0) is 20.8. The molecule has 0 saturated carbocycles. The van der Waals surface area contributed by atoms with Crippen molar-refractivity contribution in [2.24, 2.45) is 0 Å². The molecule has 3 aromatic rings. The maximum Gasteiger partial charge on any atom is 0.258 e. The van der Waals surface area contributed by atoms with E-state index >= 15 is 0 Å². The monoisotopic (exact) mass is 387 g/mol. The minimum atomic E-state index is -0.213. The molecule has 0 aliphatic rings. The van der Waals surface area contributed by atoms with Crippen LogP contribution in [0.25, 0.3) is 0 Å². The first kappa shape index (κ1) is 20.7. The van der Waals surface area contributed by atoms with Crippen LogP contribution in [0.5, 0.6) is 5.75 Å².